The van der Waals surface area contributed by atoms with E-state index in [2.05, 4.69) is 49.2 Å². The van der Waals surface area contributed by atoms with Crippen molar-refractivity contribution in [3.8, 4) is 5.75 Å². The number of benzene rings is 1. The lowest BCUT2D eigenvalue weighted by Gasteiger charge is -2.35. The fourth-order valence-corrected chi connectivity index (χ4v) is 3.11. The Hall–Kier alpha value is -1.06. The van der Waals surface area contributed by atoms with Gasteiger partial charge in [0.05, 0.1) is 7.11 Å². The van der Waals surface area contributed by atoms with Crippen LogP contribution >= 0.6 is 0 Å². The van der Waals surface area contributed by atoms with Crippen LogP contribution in [0.25, 0.3) is 0 Å². The average Bonchev–Trinajstić information content (AvgIpc) is 2.77. The molecule has 3 heteroatoms. The van der Waals surface area contributed by atoms with Crippen LogP contribution < -0.4 is 10.1 Å². The molecule has 0 aliphatic carbocycles. The molecule has 1 heterocycles. The molecule has 112 valence electrons. The molecule has 0 bridgehead atoms. The number of hydrogen-bond acceptors (Lipinski definition) is 3. The SMILES string of the molecule is CCNC(CN1CCCC1(C)C)c1cccc(OC)c1. The van der Waals surface area contributed by atoms with Crippen LogP contribution in [0.1, 0.15) is 45.2 Å². The van der Waals surface area contributed by atoms with Crippen molar-refractivity contribution in [2.75, 3.05) is 26.7 Å². The summed E-state index contributed by atoms with van der Waals surface area (Å²) in [4.78, 5) is 2.61. The van der Waals surface area contributed by atoms with E-state index >= 15 is 0 Å². The van der Waals surface area contributed by atoms with Crippen molar-refractivity contribution in [1.82, 2.24) is 10.2 Å². The molecule has 1 unspecified atom stereocenters. The first-order valence-electron chi connectivity index (χ1n) is 7.69. The van der Waals surface area contributed by atoms with Crippen LogP contribution in [0, 0.1) is 0 Å². The van der Waals surface area contributed by atoms with Gasteiger partial charge in [0, 0.05) is 18.1 Å². The van der Waals surface area contributed by atoms with Gasteiger partial charge in [-0.2, -0.15) is 0 Å². The Balaban J connectivity index is 2.13. The summed E-state index contributed by atoms with van der Waals surface area (Å²) in [5, 5.41) is 3.62. The number of hydrogen-bond donors (Lipinski definition) is 1. The van der Waals surface area contributed by atoms with Crippen molar-refractivity contribution >= 4 is 0 Å². The minimum Gasteiger partial charge on any atom is -0.497 e. The third-order valence-corrected chi connectivity index (χ3v) is 4.42. The molecule has 1 fully saturated rings. The number of likely N-dealkylation sites (tertiary alicyclic amines) is 1. The smallest absolute Gasteiger partial charge is 0.119 e. The number of likely N-dealkylation sites (N-methyl/N-ethyl adjacent to an activating group) is 1. The van der Waals surface area contributed by atoms with Crippen molar-refractivity contribution in [2.45, 2.75) is 45.2 Å². The molecule has 0 radical (unpaired) electrons. The van der Waals surface area contributed by atoms with E-state index in [1.54, 1.807) is 7.11 Å². The molecular formula is C17H28N2O. The first-order chi connectivity index (χ1) is 9.56. The highest BCUT2D eigenvalue weighted by Crippen LogP contribution is 2.30. The first kappa shape index (κ1) is 15.3. The van der Waals surface area contributed by atoms with E-state index < -0.39 is 0 Å². The Morgan fingerprint density at radius 1 is 1.40 bits per heavy atom. The monoisotopic (exact) mass is 276 g/mol. The molecule has 0 saturated carbocycles. The molecule has 1 aliphatic rings. The standard InChI is InChI=1S/C17H28N2O/c1-5-18-16(13-19-11-7-10-17(19,2)3)14-8-6-9-15(12-14)20-4/h6,8-9,12,16,18H,5,7,10-11,13H2,1-4H3. The highest BCUT2D eigenvalue weighted by atomic mass is 16.5. The zero-order chi connectivity index (χ0) is 14.6. The van der Waals surface area contributed by atoms with Gasteiger partial charge >= 0.3 is 0 Å². The number of ether oxygens (including phenoxy) is 1. The molecule has 2 rings (SSSR count). The predicted molar refractivity (Wildman–Crippen MR) is 84.3 cm³/mol. The molecule has 1 aromatic rings. The molecule has 1 aromatic carbocycles. The molecule has 0 amide bonds. The van der Waals surface area contributed by atoms with Gasteiger partial charge in [-0.15, -0.1) is 0 Å². The maximum atomic E-state index is 5.35. The molecule has 20 heavy (non-hydrogen) atoms. The average molecular weight is 276 g/mol. The Bertz CT molecular complexity index is 431. The number of rotatable bonds is 6. The quantitative estimate of drug-likeness (QED) is 0.863. The summed E-state index contributed by atoms with van der Waals surface area (Å²) in [7, 11) is 1.73. The lowest BCUT2D eigenvalue weighted by atomic mass is 10.00. The van der Waals surface area contributed by atoms with Crippen LogP contribution in [0.3, 0.4) is 0 Å². The molecule has 1 saturated heterocycles. The summed E-state index contributed by atoms with van der Waals surface area (Å²) in [6, 6.07) is 8.79. The minimum absolute atomic E-state index is 0.326. The van der Waals surface area contributed by atoms with Crippen molar-refractivity contribution in [1.29, 1.82) is 0 Å². The van der Waals surface area contributed by atoms with Crippen molar-refractivity contribution in [3.63, 3.8) is 0 Å². The number of nitrogens with one attached hydrogen (secondary N) is 1. The molecule has 1 atom stereocenters. The summed E-state index contributed by atoms with van der Waals surface area (Å²) in [6.45, 7) is 10.1. The normalized spacial score (nSPS) is 20.0. The van der Waals surface area contributed by atoms with Crippen LogP contribution in [-0.4, -0.2) is 37.2 Å². The fraction of sp³-hybridized carbons (Fsp3) is 0.647. The first-order valence-corrected chi connectivity index (χ1v) is 7.69. The molecule has 0 spiro atoms. The van der Waals surface area contributed by atoms with E-state index in [0.29, 0.717) is 11.6 Å². The number of nitrogens with zero attached hydrogens (tertiary/aromatic N) is 1. The molecule has 0 aromatic heterocycles. The molecule has 1 N–H and O–H groups in total. The lowest BCUT2D eigenvalue weighted by molar-refractivity contribution is 0.157. The van der Waals surface area contributed by atoms with Gasteiger partial charge < -0.3 is 10.1 Å². The van der Waals surface area contributed by atoms with E-state index in [0.717, 1.165) is 18.8 Å². The maximum Gasteiger partial charge on any atom is 0.119 e. The van der Waals surface area contributed by atoms with Gasteiger partial charge in [0.15, 0.2) is 0 Å². The van der Waals surface area contributed by atoms with Gasteiger partial charge in [0.1, 0.15) is 5.75 Å². The van der Waals surface area contributed by atoms with E-state index in [1.165, 1.54) is 24.9 Å². The van der Waals surface area contributed by atoms with Crippen LogP contribution in [0.15, 0.2) is 24.3 Å². The Kier molecular flexibility index (Phi) is 5.06. The highest BCUT2D eigenvalue weighted by molar-refractivity contribution is 5.30. The van der Waals surface area contributed by atoms with Gasteiger partial charge in [-0.3, -0.25) is 4.90 Å². The fourth-order valence-electron chi connectivity index (χ4n) is 3.11. The van der Waals surface area contributed by atoms with E-state index in [-0.39, 0.29) is 0 Å². The number of methoxy groups -OCH3 is 1. The van der Waals surface area contributed by atoms with E-state index in [1.807, 2.05) is 6.07 Å². The van der Waals surface area contributed by atoms with Gasteiger partial charge in [-0.05, 0) is 57.5 Å². The van der Waals surface area contributed by atoms with E-state index in [9.17, 15) is 0 Å². The minimum atomic E-state index is 0.326. The van der Waals surface area contributed by atoms with Crippen molar-refractivity contribution in [2.24, 2.45) is 0 Å². The second-order valence-electron chi connectivity index (χ2n) is 6.25. The Labute approximate surface area is 123 Å². The lowest BCUT2D eigenvalue weighted by Crippen LogP contribution is -2.43. The molecule has 1 aliphatic heterocycles. The van der Waals surface area contributed by atoms with Crippen LogP contribution in [0.5, 0.6) is 5.75 Å². The van der Waals surface area contributed by atoms with Crippen molar-refractivity contribution < 1.29 is 4.74 Å². The largest absolute Gasteiger partial charge is 0.497 e. The zero-order valence-corrected chi connectivity index (χ0v) is 13.3. The van der Waals surface area contributed by atoms with Crippen LogP contribution in [0.2, 0.25) is 0 Å². The molecule has 3 nitrogen and oxygen atoms in total. The third kappa shape index (κ3) is 3.53. The third-order valence-electron chi connectivity index (χ3n) is 4.42. The van der Waals surface area contributed by atoms with Crippen molar-refractivity contribution in [3.05, 3.63) is 29.8 Å². The van der Waals surface area contributed by atoms with Gasteiger partial charge in [0.25, 0.3) is 0 Å². The molecular weight excluding hydrogens is 248 g/mol. The highest BCUT2D eigenvalue weighted by Gasteiger charge is 2.33. The Morgan fingerprint density at radius 2 is 2.20 bits per heavy atom. The van der Waals surface area contributed by atoms with Crippen LogP contribution in [-0.2, 0) is 0 Å². The second kappa shape index (κ2) is 6.59. The van der Waals surface area contributed by atoms with Crippen LogP contribution in [0.4, 0.5) is 0 Å². The summed E-state index contributed by atoms with van der Waals surface area (Å²) in [5.41, 5.74) is 1.64. The second-order valence-corrected chi connectivity index (χ2v) is 6.25. The van der Waals surface area contributed by atoms with Gasteiger partial charge in [0.2, 0.25) is 0 Å². The van der Waals surface area contributed by atoms with Gasteiger partial charge in [-0.25, -0.2) is 0 Å². The summed E-state index contributed by atoms with van der Waals surface area (Å²) in [6.07, 6.45) is 2.61. The summed E-state index contributed by atoms with van der Waals surface area (Å²) >= 11 is 0. The Morgan fingerprint density at radius 3 is 2.80 bits per heavy atom. The predicted octanol–water partition coefficient (Wildman–Crippen LogP) is 3.22. The summed E-state index contributed by atoms with van der Waals surface area (Å²) in [5.74, 6) is 0.936. The van der Waals surface area contributed by atoms with E-state index in [4.69, 9.17) is 4.74 Å². The zero-order valence-electron chi connectivity index (χ0n) is 13.3. The topological polar surface area (TPSA) is 24.5 Å². The summed E-state index contributed by atoms with van der Waals surface area (Å²) < 4.78 is 5.35. The van der Waals surface area contributed by atoms with Gasteiger partial charge in [-0.1, -0.05) is 19.1 Å². The maximum absolute atomic E-state index is 5.35.